The Balaban J connectivity index is 1.28. The lowest BCUT2D eigenvalue weighted by Gasteiger charge is -2.49. The second-order valence-corrected chi connectivity index (χ2v) is 11.0. The van der Waals surface area contributed by atoms with E-state index in [4.69, 9.17) is 21.1 Å². The fraction of sp³-hybridized carbons (Fsp3) is 0.300. The third kappa shape index (κ3) is 5.36. The summed E-state index contributed by atoms with van der Waals surface area (Å²) in [5.74, 6) is -6.93. The van der Waals surface area contributed by atoms with Crippen molar-refractivity contribution in [3.05, 3.63) is 94.9 Å². The number of nitrogens with one attached hydrogen (secondary N) is 1. The molecule has 10 nitrogen and oxygen atoms in total. The van der Waals surface area contributed by atoms with Gasteiger partial charge in [0.15, 0.2) is 17.5 Å². The molecule has 2 saturated heterocycles. The molecule has 44 heavy (non-hydrogen) atoms. The largest absolute Gasteiger partial charge is 0.394 e. The Morgan fingerprint density at radius 1 is 1.05 bits per heavy atom. The molecular formula is C30H26ClF3N4O6. The van der Waals surface area contributed by atoms with E-state index in [1.54, 1.807) is 36.4 Å². The fourth-order valence-electron chi connectivity index (χ4n) is 5.69. The number of nitrogens with zero attached hydrogens (tertiary/aromatic N) is 3. The Morgan fingerprint density at radius 3 is 2.45 bits per heavy atom. The molecule has 2 aliphatic heterocycles. The highest BCUT2D eigenvalue weighted by atomic mass is 35.5. The first-order valence-corrected chi connectivity index (χ1v) is 14.0. The van der Waals surface area contributed by atoms with Gasteiger partial charge in [0.05, 0.1) is 25.5 Å². The number of aromatic nitrogens is 3. The van der Waals surface area contributed by atoms with Crippen LogP contribution in [0.2, 0.25) is 5.02 Å². The van der Waals surface area contributed by atoms with Gasteiger partial charge in [0.25, 0.3) is 5.91 Å². The number of hydrogen-bond donors (Lipinski definition) is 4. The van der Waals surface area contributed by atoms with Crippen molar-refractivity contribution in [1.82, 2.24) is 20.3 Å². The number of carbonyl (C=O) groups is 1. The number of aliphatic hydroxyl groups is 3. The molecule has 4 aromatic rings. The number of benzene rings is 3. The van der Waals surface area contributed by atoms with Gasteiger partial charge in [0.2, 0.25) is 5.79 Å². The van der Waals surface area contributed by atoms with Crippen LogP contribution in [0.25, 0.3) is 22.4 Å². The molecule has 6 rings (SSSR count). The Labute approximate surface area is 253 Å². The van der Waals surface area contributed by atoms with Gasteiger partial charge in [-0.1, -0.05) is 41.1 Å². The van der Waals surface area contributed by atoms with Crippen molar-refractivity contribution < 1.29 is 42.8 Å². The summed E-state index contributed by atoms with van der Waals surface area (Å²) >= 11 is 6.13. The third-order valence-electron chi connectivity index (χ3n) is 7.89. The summed E-state index contributed by atoms with van der Waals surface area (Å²) in [6, 6.07) is 13.2. The van der Waals surface area contributed by atoms with Crippen LogP contribution in [0.1, 0.15) is 22.8 Å². The number of ether oxygens (including phenoxy) is 2. The van der Waals surface area contributed by atoms with Crippen molar-refractivity contribution in [1.29, 1.82) is 0 Å². The van der Waals surface area contributed by atoms with Crippen LogP contribution in [-0.4, -0.2) is 79.6 Å². The van der Waals surface area contributed by atoms with E-state index in [0.29, 0.717) is 10.6 Å². The quantitative estimate of drug-likeness (QED) is 0.238. The standard InChI is InChI=1S/C30H26ClF3N4O6/c31-19-6-2-4-16(10-19)15-3-1-5-17(9-15)29(42)35-24-7-8-43-30(24)28(41)26(27(40)23(14-39)44-30)38-13-22(36-37-38)18-11-20(32)25(34)21(33)12-18/h1-6,9-13,23-24,26-28,39-41H,7-8,14H2,(H,35,42)/t23-,24-,26+,27+,28-,30+/m1/s1. The average molecular weight is 631 g/mol. The maximum absolute atomic E-state index is 13.9. The normalized spacial score (nSPS) is 26.7. The van der Waals surface area contributed by atoms with E-state index < -0.39 is 66.1 Å². The minimum absolute atomic E-state index is 0.0578. The fourth-order valence-corrected chi connectivity index (χ4v) is 5.88. The SMILES string of the molecule is O=C(N[C@@H]1CCO[C@]12O[C@H](CO)[C@H](O)[C@H](n1cc(-c3cc(F)c(F)c(F)c3)nn1)[C@H]2O)c1cccc(-c2cccc(Cl)c2)c1. The van der Waals surface area contributed by atoms with Crippen molar-refractivity contribution in [3.63, 3.8) is 0 Å². The second kappa shape index (κ2) is 11.9. The zero-order chi connectivity index (χ0) is 31.2. The van der Waals surface area contributed by atoms with Gasteiger partial charge in [-0.3, -0.25) is 4.79 Å². The van der Waals surface area contributed by atoms with Crippen LogP contribution < -0.4 is 5.32 Å². The van der Waals surface area contributed by atoms with Gasteiger partial charge >= 0.3 is 0 Å². The number of rotatable bonds is 6. The van der Waals surface area contributed by atoms with Gasteiger partial charge in [0.1, 0.15) is 30.0 Å². The first-order valence-electron chi connectivity index (χ1n) is 13.6. The van der Waals surface area contributed by atoms with Crippen LogP contribution in [-0.2, 0) is 9.47 Å². The Kier molecular flexibility index (Phi) is 8.18. The molecule has 14 heteroatoms. The molecule has 0 aliphatic carbocycles. The van der Waals surface area contributed by atoms with Gasteiger partial charge in [-0.05, 0) is 53.9 Å². The number of hydrogen-bond acceptors (Lipinski definition) is 8. The molecular weight excluding hydrogens is 605 g/mol. The molecule has 0 bridgehead atoms. The molecule has 2 fully saturated rings. The maximum Gasteiger partial charge on any atom is 0.251 e. The van der Waals surface area contributed by atoms with Crippen LogP contribution in [0, 0.1) is 17.5 Å². The molecule has 230 valence electrons. The van der Waals surface area contributed by atoms with E-state index in [9.17, 15) is 33.3 Å². The summed E-state index contributed by atoms with van der Waals surface area (Å²) in [5.41, 5.74) is 1.64. The van der Waals surface area contributed by atoms with Crippen LogP contribution in [0.3, 0.4) is 0 Å². The summed E-state index contributed by atoms with van der Waals surface area (Å²) in [5, 5.41) is 43.9. The number of amides is 1. The predicted octanol–water partition coefficient (Wildman–Crippen LogP) is 3.25. The summed E-state index contributed by atoms with van der Waals surface area (Å²) in [7, 11) is 0. The molecule has 2 aliphatic rings. The zero-order valence-electron chi connectivity index (χ0n) is 22.8. The summed E-state index contributed by atoms with van der Waals surface area (Å²) in [4.78, 5) is 13.4. The molecule has 0 radical (unpaired) electrons. The highest BCUT2D eigenvalue weighted by Crippen LogP contribution is 2.43. The monoisotopic (exact) mass is 630 g/mol. The van der Waals surface area contributed by atoms with E-state index >= 15 is 0 Å². The minimum Gasteiger partial charge on any atom is -0.394 e. The van der Waals surface area contributed by atoms with Gasteiger partial charge in [-0.2, -0.15) is 0 Å². The molecule has 0 saturated carbocycles. The molecule has 3 heterocycles. The molecule has 4 N–H and O–H groups in total. The minimum atomic E-state index is -1.92. The first kappa shape index (κ1) is 30.2. The van der Waals surface area contributed by atoms with Crippen molar-refractivity contribution in [3.8, 4) is 22.4 Å². The average Bonchev–Trinajstić information content (AvgIpc) is 3.66. The smallest absolute Gasteiger partial charge is 0.251 e. The summed E-state index contributed by atoms with van der Waals surface area (Å²) in [6.45, 7) is -0.629. The van der Waals surface area contributed by atoms with Crippen LogP contribution in [0.5, 0.6) is 0 Å². The first-order chi connectivity index (χ1) is 21.1. The molecule has 1 amide bonds. The van der Waals surface area contributed by atoms with E-state index in [0.717, 1.165) is 27.9 Å². The molecule has 1 aromatic heterocycles. The van der Waals surface area contributed by atoms with Crippen molar-refractivity contribution in [2.45, 2.75) is 42.6 Å². The highest BCUT2D eigenvalue weighted by molar-refractivity contribution is 6.30. The lowest BCUT2D eigenvalue weighted by molar-refractivity contribution is -0.344. The summed E-state index contributed by atoms with van der Waals surface area (Å²) in [6.07, 6.45) is -3.11. The third-order valence-corrected chi connectivity index (χ3v) is 8.12. The number of halogens is 4. The zero-order valence-corrected chi connectivity index (χ0v) is 23.5. The highest BCUT2D eigenvalue weighted by Gasteiger charge is 2.62. The van der Waals surface area contributed by atoms with Crippen LogP contribution >= 0.6 is 11.6 Å². The Hall–Kier alpha value is -3.85. The predicted molar refractivity (Wildman–Crippen MR) is 150 cm³/mol. The summed E-state index contributed by atoms with van der Waals surface area (Å²) < 4.78 is 54.1. The topological polar surface area (TPSA) is 139 Å². The number of aliphatic hydroxyl groups excluding tert-OH is 3. The lowest BCUT2D eigenvalue weighted by Crippen LogP contribution is -2.69. The second-order valence-electron chi connectivity index (χ2n) is 10.6. The van der Waals surface area contributed by atoms with Crippen LogP contribution in [0.4, 0.5) is 13.2 Å². The van der Waals surface area contributed by atoms with E-state index in [1.165, 1.54) is 6.20 Å². The Morgan fingerprint density at radius 2 is 1.75 bits per heavy atom. The maximum atomic E-state index is 13.9. The molecule has 3 aromatic carbocycles. The van der Waals surface area contributed by atoms with Gasteiger partial charge < -0.3 is 30.1 Å². The van der Waals surface area contributed by atoms with Crippen molar-refractivity contribution in [2.75, 3.05) is 13.2 Å². The van der Waals surface area contributed by atoms with Gasteiger partial charge in [0, 0.05) is 16.1 Å². The Bertz CT molecular complexity index is 1690. The lowest BCUT2D eigenvalue weighted by atomic mass is 9.86. The van der Waals surface area contributed by atoms with Crippen molar-refractivity contribution >= 4 is 17.5 Å². The molecule has 6 atom stereocenters. The van der Waals surface area contributed by atoms with E-state index in [2.05, 4.69) is 15.6 Å². The number of carbonyl (C=O) groups excluding carboxylic acids is 1. The van der Waals surface area contributed by atoms with E-state index in [1.807, 2.05) is 12.1 Å². The molecule has 1 spiro atoms. The van der Waals surface area contributed by atoms with E-state index in [-0.39, 0.29) is 24.3 Å². The van der Waals surface area contributed by atoms with Gasteiger partial charge in [-0.15, -0.1) is 5.10 Å². The van der Waals surface area contributed by atoms with Crippen LogP contribution in [0.15, 0.2) is 66.9 Å². The van der Waals surface area contributed by atoms with Gasteiger partial charge in [-0.25, -0.2) is 17.9 Å². The molecule has 0 unspecified atom stereocenters. The van der Waals surface area contributed by atoms with Crippen molar-refractivity contribution in [2.24, 2.45) is 0 Å².